The average molecular weight is 354 g/mol. The zero-order valence-corrected chi connectivity index (χ0v) is 12.0. The minimum atomic E-state index is -0.732. The van der Waals surface area contributed by atoms with E-state index in [0.29, 0.717) is 4.47 Å². The van der Waals surface area contributed by atoms with Crippen LogP contribution in [-0.2, 0) is 11.2 Å². The number of Topliss-reactive ketones (excluding diaryl/α,β-unsaturated/α-hetero) is 1. The van der Waals surface area contributed by atoms with Crippen molar-refractivity contribution in [2.75, 3.05) is 0 Å². The molecule has 1 N–H and O–H groups in total. The number of aromatic hydroxyl groups is 1. The van der Waals surface area contributed by atoms with Crippen LogP contribution in [0.1, 0.15) is 19.4 Å². The number of alkyl halides is 1. The van der Waals surface area contributed by atoms with Gasteiger partial charge in [-0.2, -0.15) is 0 Å². The van der Waals surface area contributed by atoms with Crippen molar-refractivity contribution in [3.8, 4) is 5.75 Å². The third kappa shape index (κ3) is 3.28. The Kier molecular flexibility index (Phi) is 4.12. The van der Waals surface area contributed by atoms with E-state index < -0.39 is 15.9 Å². The van der Waals surface area contributed by atoms with E-state index in [2.05, 4.69) is 31.9 Å². The first-order valence-electron chi connectivity index (χ1n) is 4.61. The lowest BCUT2D eigenvalue weighted by Gasteiger charge is -2.15. The topological polar surface area (TPSA) is 37.3 Å². The van der Waals surface area contributed by atoms with Crippen LogP contribution in [0.4, 0.5) is 4.39 Å². The van der Waals surface area contributed by atoms with E-state index in [-0.39, 0.29) is 17.8 Å². The van der Waals surface area contributed by atoms with Gasteiger partial charge in [-0.25, -0.2) is 4.39 Å². The zero-order chi connectivity index (χ0) is 12.5. The highest BCUT2D eigenvalue weighted by molar-refractivity contribution is 9.10. The summed E-state index contributed by atoms with van der Waals surface area (Å²) in [4.78, 5) is 11.7. The molecule has 0 aromatic heterocycles. The Hall–Kier alpha value is -0.420. The van der Waals surface area contributed by atoms with Crippen LogP contribution < -0.4 is 0 Å². The second-order valence-corrected chi connectivity index (χ2v) is 6.87. The molecule has 0 atom stereocenters. The van der Waals surface area contributed by atoms with E-state index in [1.165, 1.54) is 6.07 Å². The van der Waals surface area contributed by atoms with Gasteiger partial charge in [0.15, 0.2) is 17.3 Å². The zero-order valence-electron chi connectivity index (χ0n) is 8.85. The molecule has 2 nitrogen and oxygen atoms in total. The summed E-state index contributed by atoms with van der Waals surface area (Å²) < 4.78 is 13.0. The Morgan fingerprint density at radius 2 is 2.06 bits per heavy atom. The van der Waals surface area contributed by atoms with Gasteiger partial charge in [0, 0.05) is 16.5 Å². The minimum absolute atomic E-state index is 0.0134. The summed E-state index contributed by atoms with van der Waals surface area (Å²) in [6, 6.07) is 2.69. The Morgan fingerprint density at radius 1 is 1.50 bits per heavy atom. The van der Waals surface area contributed by atoms with Gasteiger partial charge in [-0.05, 0) is 26.0 Å². The van der Waals surface area contributed by atoms with Crippen LogP contribution in [0.15, 0.2) is 16.6 Å². The highest BCUT2D eigenvalue weighted by atomic mass is 79.9. The molecule has 0 aliphatic rings. The molecule has 0 bridgehead atoms. The molecule has 0 saturated heterocycles. The van der Waals surface area contributed by atoms with Crippen molar-refractivity contribution in [1.82, 2.24) is 0 Å². The molecule has 1 aromatic carbocycles. The van der Waals surface area contributed by atoms with E-state index in [4.69, 9.17) is 0 Å². The fraction of sp³-hybridized carbons (Fsp3) is 0.364. The molecule has 0 spiro atoms. The van der Waals surface area contributed by atoms with E-state index in [1.807, 2.05) is 0 Å². The Bertz CT molecular complexity index is 425. The third-order valence-corrected chi connectivity index (χ3v) is 3.02. The van der Waals surface area contributed by atoms with Gasteiger partial charge < -0.3 is 5.11 Å². The van der Waals surface area contributed by atoms with E-state index in [1.54, 1.807) is 13.8 Å². The summed E-state index contributed by atoms with van der Waals surface area (Å²) in [7, 11) is 0. The number of hydrogen-bond donors (Lipinski definition) is 1. The van der Waals surface area contributed by atoms with Gasteiger partial charge in [0.1, 0.15) is 0 Å². The number of hydrogen-bond acceptors (Lipinski definition) is 2. The molecular weight excluding hydrogens is 343 g/mol. The lowest BCUT2D eigenvalue weighted by Crippen LogP contribution is -2.25. The number of carbonyl (C=O) groups is 1. The molecule has 0 aliphatic heterocycles. The summed E-state index contributed by atoms with van der Waals surface area (Å²) >= 11 is 6.34. The van der Waals surface area contributed by atoms with Gasteiger partial charge in [0.25, 0.3) is 0 Å². The smallest absolute Gasteiger partial charge is 0.166 e. The highest BCUT2D eigenvalue weighted by Gasteiger charge is 2.25. The number of phenols is 1. The number of carbonyl (C=O) groups excluding carboxylic acids is 1. The van der Waals surface area contributed by atoms with Crippen LogP contribution in [0.2, 0.25) is 0 Å². The summed E-state index contributed by atoms with van der Waals surface area (Å²) in [5, 5.41) is 9.47. The largest absolute Gasteiger partial charge is 0.505 e. The van der Waals surface area contributed by atoms with Crippen LogP contribution >= 0.6 is 31.9 Å². The van der Waals surface area contributed by atoms with Crippen molar-refractivity contribution in [3.63, 3.8) is 0 Å². The second kappa shape index (κ2) is 4.84. The maximum absolute atomic E-state index is 13.2. The van der Waals surface area contributed by atoms with Crippen molar-refractivity contribution in [3.05, 3.63) is 28.0 Å². The number of rotatable bonds is 3. The predicted octanol–water partition coefficient (Wildman–Crippen LogP) is 3.58. The van der Waals surface area contributed by atoms with Gasteiger partial charge in [0.2, 0.25) is 0 Å². The van der Waals surface area contributed by atoms with Crippen molar-refractivity contribution in [1.29, 1.82) is 0 Å². The lowest BCUT2D eigenvalue weighted by atomic mass is 10.00. The summed E-state index contributed by atoms with van der Waals surface area (Å²) in [5.74, 6) is -1.32. The van der Waals surface area contributed by atoms with Crippen molar-refractivity contribution < 1.29 is 14.3 Å². The fourth-order valence-electron chi connectivity index (χ4n) is 1.14. The second-order valence-electron chi connectivity index (χ2n) is 3.97. The first kappa shape index (κ1) is 13.6. The SMILES string of the molecule is CC(C)(Br)C(=O)Cc1cc(Br)cc(F)c1O. The maximum Gasteiger partial charge on any atom is 0.166 e. The molecule has 0 unspecified atom stereocenters. The summed E-state index contributed by atoms with van der Waals surface area (Å²) in [6.45, 7) is 3.42. The summed E-state index contributed by atoms with van der Waals surface area (Å²) in [5.41, 5.74) is 0.282. The number of ketones is 1. The minimum Gasteiger partial charge on any atom is -0.505 e. The molecular formula is C11H11Br2FO2. The Balaban J connectivity index is 3.03. The molecule has 0 amide bonds. The summed E-state index contributed by atoms with van der Waals surface area (Å²) in [6.07, 6.45) is -0.0134. The van der Waals surface area contributed by atoms with Gasteiger partial charge in [-0.15, -0.1) is 0 Å². The van der Waals surface area contributed by atoms with Crippen LogP contribution in [0.5, 0.6) is 5.75 Å². The van der Waals surface area contributed by atoms with Gasteiger partial charge in [-0.1, -0.05) is 31.9 Å². The van der Waals surface area contributed by atoms with E-state index in [0.717, 1.165) is 6.07 Å². The van der Waals surface area contributed by atoms with Crippen molar-refractivity contribution in [2.24, 2.45) is 0 Å². The normalized spacial score (nSPS) is 11.6. The fourth-order valence-corrected chi connectivity index (χ4v) is 1.75. The molecule has 0 aliphatic carbocycles. The predicted molar refractivity (Wildman–Crippen MR) is 67.5 cm³/mol. The van der Waals surface area contributed by atoms with E-state index >= 15 is 0 Å². The standard InChI is InChI=1S/C11H11Br2FO2/c1-11(2,13)9(15)4-6-3-7(12)5-8(14)10(6)16/h3,5,16H,4H2,1-2H3. The van der Waals surface area contributed by atoms with Crippen LogP contribution in [0.25, 0.3) is 0 Å². The average Bonchev–Trinajstić information content (AvgIpc) is 2.11. The van der Waals surface area contributed by atoms with Crippen molar-refractivity contribution in [2.45, 2.75) is 24.6 Å². The number of halogens is 3. The van der Waals surface area contributed by atoms with Gasteiger partial charge in [0.05, 0.1) is 4.32 Å². The van der Waals surface area contributed by atoms with Gasteiger partial charge in [-0.3, -0.25) is 4.79 Å². The Labute approximate surface area is 110 Å². The van der Waals surface area contributed by atoms with E-state index in [9.17, 15) is 14.3 Å². The Morgan fingerprint density at radius 3 is 2.56 bits per heavy atom. The molecule has 0 radical (unpaired) electrons. The van der Waals surface area contributed by atoms with Crippen LogP contribution in [0, 0.1) is 5.82 Å². The molecule has 1 aromatic rings. The number of phenolic OH excluding ortho intramolecular Hbond substituents is 1. The molecule has 1 rings (SSSR count). The maximum atomic E-state index is 13.2. The molecule has 0 fully saturated rings. The third-order valence-electron chi connectivity index (χ3n) is 2.12. The highest BCUT2D eigenvalue weighted by Crippen LogP contribution is 2.28. The van der Waals surface area contributed by atoms with Crippen molar-refractivity contribution >= 4 is 37.6 Å². The molecule has 0 heterocycles. The molecule has 16 heavy (non-hydrogen) atoms. The number of benzene rings is 1. The first-order chi connectivity index (χ1) is 7.21. The quantitative estimate of drug-likeness (QED) is 0.843. The van der Waals surface area contributed by atoms with Crippen LogP contribution in [0.3, 0.4) is 0 Å². The molecule has 88 valence electrons. The molecule has 0 saturated carbocycles. The van der Waals surface area contributed by atoms with Crippen LogP contribution in [-0.4, -0.2) is 15.2 Å². The van der Waals surface area contributed by atoms with Gasteiger partial charge >= 0.3 is 0 Å². The first-order valence-corrected chi connectivity index (χ1v) is 6.19. The lowest BCUT2D eigenvalue weighted by molar-refractivity contribution is -0.119. The molecule has 5 heteroatoms. The monoisotopic (exact) mass is 352 g/mol.